The standard InChI is InChI=1S/C17H27N/c1-4-11-18-16-9-6-8-15(12-16)17-10-5-7-13(2)14(17)3/h5,7,10,15-16,18H,4,6,8-9,11-12H2,1-3H3. The van der Waals surface area contributed by atoms with Crippen LogP contribution in [0.2, 0.25) is 0 Å². The molecule has 0 aliphatic heterocycles. The zero-order valence-electron chi connectivity index (χ0n) is 12.1. The van der Waals surface area contributed by atoms with E-state index >= 15 is 0 Å². The van der Waals surface area contributed by atoms with Crippen molar-refractivity contribution in [2.45, 2.75) is 64.8 Å². The third-order valence-corrected chi connectivity index (χ3v) is 4.44. The Morgan fingerprint density at radius 2 is 2.06 bits per heavy atom. The van der Waals surface area contributed by atoms with Crippen LogP contribution in [-0.4, -0.2) is 12.6 Å². The maximum Gasteiger partial charge on any atom is 0.00728 e. The quantitative estimate of drug-likeness (QED) is 0.832. The topological polar surface area (TPSA) is 12.0 Å². The summed E-state index contributed by atoms with van der Waals surface area (Å²) >= 11 is 0. The Hall–Kier alpha value is -0.820. The third-order valence-electron chi connectivity index (χ3n) is 4.44. The molecule has 18 heavy (non-hydrogen) atoms. The van der Waals surface area contributed by atoms with Crippen molar-refractivity contribution in [1.82, 2.24) is 5.32 Å². The molecule has 0 radical (unpaired) electrons. The lowest BCUT2D eigenvalue weighted by molar-refractivity contribution is 0.339. The Balaban J connectivity index is 2.06. The molecular formula is C17H27N. The number of nitrogens with one attached hydrogen (secondary N) is 1. The van der Waals surface area contributed by atoms with Gasteiger partial charge in [-0.1, -0.05) is 31.5 Å². The fourth-order valence-corrected chi connectivity index (χ4v) is 3.22. The molecular weight excluding hydrogens is 218 g/mol. The predicted octanol–water partition coefficient (Wildman–Crippen LogP) is 4.33. The largest absolute Gasteiger partial charge is 0.314 e. The van der Waals surface area contributed by atoms with Gasteiger partial charge in [0.25, 0.3) is 0 Å². The zero-order valence-corrected chi connectivity index (χ0v) is 12.1. The highest BCUT2D eigenvalue weighted by atomic mass is 14.9. The van der Waals surface area contributed by atoms with Gasteiger partial charge in [0.05, 0.1) is 0 Å². The molecule has 1 heteroatoms. The number of hydrogen-bond acceptors (Lipinski definition) is 1. The minimum Gasteiger partial charge on any atom is -0.314 e. The van der Waals surface area contributed by atoms with Crippen molar-refractivity contribution in [3.8, 4) is 0 Å². The van der Waals surface area contributed by atoms with Crippen molar-refractivity contribution in [2.75, 3.05) is 6.54 Å². The van der Waals surface area contributed by atoms with Gasteiger partial charge in [-0.2, -0.15) is 0 Å². The summed E-state index contributed by atoms with van der Waals surface area (Å²) in [4.78, 5) is 0. The van der Waals surface area contributed by atoms with Crippen LogP contribution in [0.1, 0.15) is 61.6 Å². The first kappa shape index (κ1) is 13.6. The maximum absolute atomic E-state index is 3.71. The second-order valence-electron chi connectivity index (χ2n) is 5.80. The lowest BCUT2D eigenvalue weighted by Gasteiger charge is -2.31. The normalized spacial score (nSPS) is 24.2. The molecule has 2 unspecified atom stereocenters. The molecule has 1 aliphatic rings. The van der Waals surface area contributed by atoms with Crippen LogP contribution >= 0.6 is 0 Å². The molecule has 1 aliphatic carbocycles. The Labute approximate surface area is 112 Å². The van der Waals surface area contributed by atoms with Crippen LogP contribution in [0.4, 0.5) is 0 Å². The van der Waals surface area contributed by atoms with Crippen molar-refractivity contribution < 1.29 is 0 Å². The molecule has 0 saturated heterocycles. The summed E-state index contributed by atoms with van der Waals surface area (Å²) in [5, 5.41) is 3.71. The molecule has 0 heterocycles. The third kappa shape index (κ3) is 3.14. The Morgan fingerprint density at radius 1 is 1.22 bits per heavy atom. The van der Waals surface area contributed by atoms with E-state index in [4.69, 9.17) is 0 Å². The first-order chi connectivity index (χ1) is 8.72. The number of hydrogen-bond donors (Lipinski definition) is 1. The highest BCUT2D eigenvalue weighted by Gasteiger charge is 2.23. The van der Waals surface area contributed by atoms with Gasteiger partial charge in [-0.15, -0.1) is 0 Å². The summed E-state index contributed by atoms with van der Waals surface area (Å²) in [7, 11) is 0. The Morgan fingerprint density at radius 3 is 2.83 bits per heavy atom. The molecule has 2 rings (SSSR count). The molecule has 0 amide bonds. The highest BCUT2D eigenvalue weighted by Crippen LogP contribution is 2.35. The van der Waals surface area contributed by atoms with Crippen LogP contribution in [0, 0.1) is 13.8 Å². The van der Waals surface area contributed by atoms with Gasteiger partial charge >= 0.3 is 0 Å². The second-order valence-corrected chi connectivity index (χ2v) is 5.80. The summed E-state index contributed by atoms with van der Waals surface area (Å²) in [6.07, 6.45) is 6.67. The van der Waals surface area contributed by atoms with Crippen molar-refractivity contribution in [1.29, 1.82) is 0 Å². The maximum atomic E-state index is 3.71. The number of rotatable bonds is 4. The van der Waals surface area contributed by atoms with Crippen LogP contribution < -0.4 is 5.32 Å². The van der Waals surface area contributed by atoms with Gasteiger partial charge in [-0.05, 0) is 68.7 Å². The summed E-state index contributed by atoms with van der Waals surface area (Å²) in [6.45, 7) is 7.93. The molecule has 1 aromatic carbocycles. The van der Waals surface area contributed by atoms with Crippen molar-refractivity contribution >= 4 is 0 Å². The van der Waals surface area contributed by atoms with E-state index in [1.807, 2.05) is 0 Å². The van der Waals surface area contributed by atoms with Gasteiger partial charge in [-0.25, -0.2) is 0 Å². The lowest BCUT2D eigenvalue weighted by atomic mass is 9.79. The molecule has 0 bridgehead atoms. The van der Waals surface area contributed by atoms with E-state index < -0.39 is 0 Å². The van der Waals surface area contributed by atoms with E-state index in [1.165, 1.54) is 49.8 Å². The van der Waals surface area contributed by atoms with Gasteiger partial charge in [0.15, 0.2) is 0 Å². The number of benzene rings is 1. The molecule has 1 saturated carbocycles. The highest BCUT2D eigenvalue weighted by molar-refractivity contribution is 5.36. The molecule has 1 nitrogen and oxygen atoms in total. The van der Waals surface area contributed by atoms with Crippen LogP contribution in [0.3, 0.4) is 0 Å². The minimum absolute atomic E-state index is 0.739. The smallest absolute Gasteiger partial charge is 0.00728 e. The molecule has 0 aromatic heterocycles. The summed E-state index contributed by atoms with van der Waals surface area (Å²) in [5.41, 5.74) is 4.55. The Bertz CT molecular complexity index is 383. The van der Waals surface area contributed by atoms with Crippen molar-refractivity contribution in [3.63, 3.8) is 0 Å². The molecule has 1 aromatic rings. The van der Waals surface area contributed by atoms with Crippen LogP contribution in [0.15, 0.2) is 18.2 Å². The van der Waals surface area contributed by atoms with E-state index in [0.717, 1.165) is 12.0 Å². The summed E-state index contributed by atoms with van der Waals surface area (Å²) < 4.78 is 0. The molecule has 2 atom stereocenters. The fourth-order valence-electron chi connectivity index (χ4n) is 3.22. The van der Waals surface area contributed by atoms with E-state index in [9.17, 15) is 0 Å². The van der Waals surface area contributed by atoms with Gasteiger partial charge < -0.3 is 5.32 Å². The summed E-state index contributed by atoms with van der Waals surface area (Å²) in [6, 6.07) is 7.54. The molecule has 1 N–H and O–H groups in total. The van der Waals surface area contributed by atoms with Crippen LogP contribution in [0.5, 0.6) is 0 Å². The fraction of sp³-hybridized carbons (Fsp3) is 0.647. The minimum atomic E-state index is 0.739. The second kappa shape index (κ2) is 6.38. The summed E-state index contributed by atoms with van der Waals surface area (Å²) in [5.74, 6) is 0.771. The van der Waals surface area contributed by atoms with Gasteiger partial charge in [0.2, 0.25) is 0 Å². The Kier molecular flexibility index (Phi) is 4.82. The zero-order chi connectivity index (χ0) is 13.0. The molecule has 1 fully saturated rings. The number of aryl methyl sites for hydroxylation is 1. The van der Waals surface area contributed by atoms with Gasteiger partial charge in [0, 0.05) is 6.04 Å². The van der Waals surface area contributed by atoms with E-state index in [1.54, 1.807) is 5.56 Å². The monoisotopic (exact) mass is 245 g/mol. The lowest BCUT2D eigenvalue weighted by Crippen LogP contribution is -2.34. The van der Waals surface area contributed by atoms with E-state index in [0.29, 0.717) is 0 Å². The van der Waals surface area contributed by atoms with Crippen molar-refractivity contribution in [2.24, 2.45) is 0 Å². The van der Waals surface area contributed by atoms with Gasteiger partial charge in [-0.3, -0.25) is 0 Å². The average molecular weight is 245 g/mol. The molecule has 100 valence electrons. The SMILES string of the molecule is CCCNC1CCCC(c2cccc(C)c2C)C1. The van der Waals surface area contributed by atoms with Crippen LogP contribution in [-0.2, 0) is 0 Å². The molecule has 0 spiro atoms. The first-order valence-corrected chi connectivity index (χ1v) is 7.52. The van der Waals surface area contributed by atoms with Crippen LogP contribution in [0.25, 0.3) is 0 Å². The predicted molar refractivity (Wildman–Crippen MR) is 79.2 cm³/mol. The van der Waals surface area contributed by atoms with Crippen molar-refractivity contribution in [3.05, 3.63) is 34.9 Å². The average Bonchev–Trinajstić information content (AvgIpc) is 2.40. The first-order valence-electron chi connectivity index (χ1n) is 7.52. The van der Waals surface area contributed by atoms with Gasteiger partial charge in [0.1, 0.15) is 0 Å². The van der Waals surface area contributed by atoms with E-state index in [-0.39, 0.29) is 0 Å². The van der Waals surface area contributed by atoms with E-state index in [2.05, 4.69) is 44.3 Å².